The Hall–Kier alpha value is -6.44. The summed E-state index contributed by atoms with van der Waals surface area (Å²) < 4.78 is 0. The Morgan fingerprint density at radius 1 is 0.329 bits per heavy atom. The highest BCUT2D eigenvalue weighted by Crippen LogP contribution is 2.58. The molecule has 0 aromatic heterocycles. The molecule has 1 heteroatoms. The minimum Gasteiger partial charge on any atom is -0.310 e. The molecule has 82 heavy (non-hydrogen) atoms. The number of nitrogens with zero attached hydrogens (tertiary/aromatic N) is 1. The SMILES string of the molecule is CC(C)(C)c1ccc(C2(c3ccc(C(C)(C)C)cc3)c3ccccc3-c3ccc(N(c4ccc(-c5cc(C6CCCCCCC6)c(C6CCCCCCC6)c(C6CCCCCCC6)c5)cc4)c4ccccc4-c4ccccc4)cc32)cc1. The molecule has 0 aliphatic heterocycles. The van der Waals surface area contributed by atoms with Crippen LogP contribution in [0.1, 0.15) is 244 Å². The molecule has 422 valence electrons. The van der Waals surface area contributed by atoms with E-state index < -0.39 is 5.41 Å². The summed E-state index contributed by atoms with van der Waals surface area (Å²) in [6, 6.07) is 71.6. The molecule has 0 bridgehead atoms. The maximum atomic E-state index is 2.77. The molecule has 0 atom stereocenters. The molecule has 4 aliphatic rings. The van der Waals surface area contributed by atoms with E-state index in [0.717, 1.165) is 5.69 Å². The van der Waals surface area contributed by atoms with E-state index in [-0.39, 0.29) is 10.8 Å². The molecule has 8 aromatic rings. The number of anilines is 3. The smallest absolute Gasteiger partial charge is 0.0714 e. The van der Waals surface area contributed by atoms with Crippen LogP contribution in [0.5, 0.6) is 0 Å². The van der Waals surface area contributed by atoms with Gasteiger partial charge in [0.2, 0.25) is 0 Å². The van der Waals surface area contributed by atoms with Crippen molar-refractivity contribution >= 4 is 17.1 Å². The average Bonchev–Trinajstić information content (AvgIpc) is 2.72. The molecule has 3 fully saturated rings. The van der Waals surface area contributed by atoms with E-state index in [1.165, 1.54) is 213 Å². The Morgan fingerprint density at radius 2 is 0.756 bits per heavy atom. The van der Waals surface area contributed by atoms with Gasteiger partial charge in [-0.05, 0) is 175 Å². The summed E-state index contributed by atoms with van der Waals surface area (Å²) in [6.45, 7) is 14.0. The molecule has 0 spiro atoms. The molecule has 0 saturated heterocycles. The first-order valence-electron chi connectivity index (χ1n) is 32.7. The summed E-state index contributed by atoms with van der Waals surface area (Å²) in [5, 5.41) is 0. The summed E-state index contributed by atoms with van der Waals surface area (Å²) in [7, 11) is 0. The van der Waals surface area contributed by atoms with Gasteiger partial charge in [-0.15, -0.1) is 0 Å². The molecule has 4 aliphatic carbocycles. The van der Waals surface area contributed by atoms with Crippen molar-refractivity contribution < 1.29 is 0 Å². The quantitative estimate of drug-likeness (QED) is 0.132. The fraction of sp³-hybridized carbons (Fsp3) is 0.407. The first-order valence-corrected chi connectivity index (χ1v) is 32.7. The molecule has 1 nitrogen and oxygen atoms in total. The van der Waals surface area contributed by atoms with Gasteiger partial charge in [-0.25, -0.2) is 0 Å². The molecular weight excluding hydrogens is 987 g/mol. The molecule has 0 amide bonds. The lowest BCUT2D eigenvalue weighted by Gasteiger charge is -2.36. The standard InChI is InChI=1S/C81H93N/c1-79(2,3)64-43-47-66(48-44-64)81(67-49-45-65(46-50-67)80(4,5)6)75-39-27-25-38-71(75)72-54-53-69(57-76(72)81)82(77-40-28-26-37-70(77)59-29-23-16-24-30-59)68-51-41-58(42-52-68)63-55-73(60-31-17-10-7-11-18-32-60)78(62-35-21-14-9-15-22-36-62)74(56-63)61-33-19-12-8-13-20-34-61/h16,23-30,37-57,60-62H,7-15,17-22,31-36H2,1-6H3. The lowest BCUT2D eigenvalue weighted by molar-refractivity contribution is 0.421. The zero-order valence-electron chi connectivity index (χ0n) is 50.8. The molecule has 12 rings (SSSR count). The highest BCUT2D eigenvalue weighted by Gasteiger charge is 2.47. The van der Waals surface area contributed by atoms with Gasteiger partial charge in [0.15, 0.2) is 0 Å². The number of fused-ring (bicyclic) bond motifs is 3. The Kier molecular flexibility index (Phi) is 16.7. The van der Waals surface area contributed by atoms with Crippen molar-refractivity contribution in [1.82, 2.24) is 0 Å². The monoisotopic (exact) mass is 1080 g/mol. The molecule has 0 heterocycles. The van der Waals surface area contributed by atoms with Gasteiger partial charge in [-0.2, -0.15) is 0 Å². The van der Waals surface area contributed by atoms with Crippen molar-refractivity contribution in [2.45, 2.75) is 210 Å². The summed E-state index contributed by atoms with van der Waals surface area (Å²) in [6.07, 6.45) is 29.0. The highest BCUT2D eigenvalue weighted by molar-refractivity contribution is 5.92. The summed E-state index contributed by atoms with van der Waals surface area (Å²) in [4.78, 5) is 2.57. The van der Waals surface area contributed by atoms with Crippen molar-refractivity contribution in [1.29, 1.82) is 0 Å². The second-order valence-corrected chi connectivity index (χ2v) is 27.6. The Balaban J connectivity index is 1.05. The lowest BCUT2D eigenvalue weighted by Crippen LogP contribution is -2.29. The third-order valence-corrected chi connectivity index (χ3v) is 20.2. The third kappa shape index (κ3) is 11.4. The van der Waals surface area contributed by atoms with Crippen LogP contribution >= 0.6 is 0 Å². The normalized spacial score (nSPS) is 17.8. The average molecular weight is 1080 g/mol. The van der Waals surface area contributed by atoms with Crippen LogP contribution in [0, 0.1) is 0 Å². The number of hydrogen-bond donors (Lipinski definition) is 0. The Labute approximate surface area is 495 Å². The number of hydrogen-bond acceptors (Lipinski definition) is 1. The van der Waals surface area contributed by atoms with E-state index in [0.29, 0.717) is 17.8 Å². The van der Waals surface area contributed by atoms with Gasteiger partial charge in [0.05, 0.1) is 11.1 Å². The van der Waals surface area contributed by atoms with Gasteiger partial charge in [0.25, 0.3) is 0 Å². The Morgan fingerprint density at radius 3 is 1.27 bits per heavy atom. The van der Waals surface area contributed by atoms with Crippen LogP contribution < -0.4 is 4.90 Å². The third-order valence-electron chi connectivity index (χ3n) is 20.2. The fourth-order valence-electron chi connectivity index (χ4n) is 15.7. The number of para-hydroxylation sites is 1. The number of benzene rings is 8. The van der Waals surface area contributed by atoms with Crippen molar-refractivity contribution in [2.75, 3.05) is 4.90 Å². The lowest BCUT2D eigenvalue weighted by atomic mass is 9.67. The van der Waals surface area contributed by atoms with E-state index in [9.17, 15) is 0 Å². The van der Waals surface area contributed by atoms with E-state index >= 15 is 0 Å². The van der Waals surface area contributed by atoms with Crippen LogP contribution in [-0.2, 0) is 16.2 Å². The molecule has 0 unspecified atom stereocenters. The van der Waals surface area contributed by atoms with Gasteiger partial charge < -0.3 is 4.90 Å². The van der Waals surface area contributed by atoms with Gasteiger partial charge >= 0.3 is 0 Å². The molecular formula is C81H93N. The molecule has 8 aromatic carbocycles. The highest BCUT2D eigenvalue weighted by atomic mass is 15.1. The Bertz CT molecular complexity index is 3290. The predicted octanol–water partition coefficient (Wildman–Crippen LogP) is 23.9. The minimum absolute atomic E-state index is 0.0332. The van der Waals surface area contributed by atoms with Crippen LogP contribution in [0.2, 0.25) is 0 Å². The largest absolute Gasteiger partial charge is 0.310 e. The van der Waals surface area contributed by atoms with Crippen LogP contribution in [0.25, 0.3) is 33.4 Å². The van der Waals surface area contributed by atoms with E-state index in [4.69, 9.17) is 0 Å². The first-order chi connectivity index (χ1) is 40.0. The van der Waals surface area contributed by atoms with E-state index in [1.54, 1.807) is 11.1 Å². The minimum atomic E-state index is -0.562. The van der Waals surface area contributed by atoms with Gasteiger partial charge in [-0.3, -0.25) is 0 Å². The van der Waals surface area contributed by atoms with Crippen molar-refractivity contribution in [3.8, 4) is 33.4 Å². The van der Waals surface area contributed by atoms with Gasteiger partial charge in [0.1, 0.15) is 0 Å². The second-order valence-electron chi connectivity index (χ2n) is 27.6. The zero-order valence-corrected chi connectivity index (χ0v) is 50.8. The molecule has 3 saturated carbocycles. The van der Waals surface area contributed by atoms with Crippen molar-refractivity contribution in [3.05, 3.63) is 232 Å². The van der Waals surface area contributed by atoms with Gasteiger partial charge in [-0.1, -0.05) is 290 Å². The summed E-state index contributed by atoms with van der Waals surface area (Å²) in [5.41, 5.74) is 24.2. The van der Waals surface area contributed by atoms with Crippen molar-refractivity contribution in [3.63, 3.8) is 0 Å². The van der Waals surface area contributed by atoms with Crippen LogP contribution in [0.3, 0.4) is 0 Å². The topological polar surface area (TPSA) is 3.24 Å². The summed E-state index contributed by atoms with van der Waals surface area (Å²) in [5.74, 6) is 2.01. The molecule has 0 N–H and O–H groups in total. The van der Waals surface area contributed by atoms with Crippen LogP contribution in [0.4, 0.5) is 17.1 Å². The van der Waals surface area contributed by atoms with Gasteiger partial charge in [0, 0.05) is 16.9 Å². The number of rotatable bonds is 10. The maximum absolute atomic E-state index is 2.77. The van der Waals surface area contributed by atoms with Crippen molar-refractivity contribution in [2.24, 2.45) is 0 Å². The van der Waals surface area contributed by atoms with E-state index in [2.05, 4.69) is 228 Å². The first kappa shape index (κ1) is 56.1. The second kappa shape index (κ2) is 24.4. The van der Waals surface area contributed by atoms with Crippen LogP contribution in [-0.4, -0.2) is 0 Å². The predicted molar refractivity (Wildman–Crippen MR) is 352 cm³/mol. The van der Waals surface area contributed by atoms with Crippen LogP contribution in [0.15, 0.2) is 182 Å². The molecule has 0 radical (unpaired) electrons. The zero-order chi connectivity index (χ0) is 56.3. The maximum Gasteiger partial charge on any atom is 0.0714 e. The fourth-order valence-corrected chi connectivity index (χ4v) is 15.7. The summed E-state index contributed by atoms with van der Waals surface area (Å²) >= 11 is 0. The van der Waals surface area contributed by atoms with E-state index in [1.807, 2.05) is 5.56 Å².